The van der Waals surface area contributed by atoms with Gasteiger partial charge in [-0.05, 0) is 25.5 Å². The van der Waals surface area contributed by atoms with Gasteiger partial charge in [-0.1, -0.05) is 12.1 Å². The molecule has 0 radical (unpaired) electrons. The molecule has 0 unspecified atom stereocenters. The lowest BCUT2D eigenvalue weighted by Crippen LogP contribution is -2.61. The minimum Gasteiger partial charge on any atom is -0.376 e. The molecule has 35 heavy (non-hydrogen) atoms. The molecule has 2 aliphatic rings. The summed E-state index contributed by atoms with van der Waals surface area (Å²) in [5.74, 6) is 0.585. The number of carbonyl (C=O) groups is 2. The van der Waals surface area contributed by atoms with Crippen LogP contribution < -0.4 is 15.5 Å². The predicted octanol–water partition coefficient (Wildman–Crippen LogP) is 1.71. The molecule has 0 bridgehead atoms. The quantitative estimate of drug-likeness (QED) is 0.549. The van der Waals surface area contributed by atoms with Crippen LogP contribution in [0.4, 0.5) is 22.0 Å². The van der Waals surface area contributed by atoms with Crippen LogP contribution in [0.3, 0.4) is 0 Å². The lowest BCUT2D eigenvalue weighted by Gasteiger charge is -2.44. The molecule has 0 saturated carbocycles. The maximum absolute atomic E-state index is 13.2. The summed E-state index contributed by atoms with van der Waals surface area (Å²) in [6, 6.07) is 7.26. The molecule has 2 saturated heterocycles. The summed E-state index contributed by atoms with van der Waals surface area (Å²) in [6.07, 6.45) is 1.64. The van der Waals surface area contributed by atoms with Gasteiger partial charge in [0.05, 0.1) is 24.4 Å². The molecule has 2 aliphatic heterocycles. The van der Waals surface area contributed by atoms with Gasteiger partial charge < -0.3 is 20.3 Å². The minimum atomic E-state index is -0.389. The average Bonchev–Trinajstić information content (AvgIpc) is 3.44. The normalized spacial score (nSPS) is 16.9. The van der Waals surface area contributed by atoms with Gasteiger partial charge in [-0.3, -0.25) is 14.4 Å². The largest absolute Gasteiger partial charge is 0.376 e. The highest BCUT2D eigenvalue weighted by Crippen LogP contribution is 2.33. The van der Waals surface area contributed by atoms with E-state index in [1.807, 2.05) is 44.0 Å². The van der Waals surface area contributed by atoms with Gasteiger partial charge >= 0.3 is 6.03 Å². The maximum atomic E-state index is 13.2. The van der Waals surface area contributed by atoms with Crippen molar-refractivity contribution in [1.29, 1.82) is 0 Å². The molecule has 0 atom stereocenters. The van der Waals surface area contributed by atoms with E-state index < -0.39 is 0 Å². The summed E-state index contributed by atoms with van der Waals surface area (Å²) in [4.78, 5) is 33.4. The fourth-order valence-corrected chi connectivity index (χ4v) is 4.32. The van der Waals surface area contributed by atoms with Gasteiger partial charge in [0, 0.05) is 44.5 Å². The van der Waals surface area contributed by atoms with Gasteiger partial charge in [-0.25, -0.2) is 9.78 Å². The van der Waals surface area contributed by atoms with E-state index in [1.165, 1.54) is 7.05 Å². The SMILES string of the molecule is CNC(=O)c1nnc(N2CCN(C3(C)COC3)C2=O)cc1Nc1cccc(-c2ncn(C)n2)c1C. The summed E-state index contributed by atoms with van der Waals surface area (Å²) in [5.41, 5.74) is 2.78. The number of ether oxygens (including phenoxy) is 1. The van der Waals surface area contributed by atoms with Gasteiger partial charge in [0.25, 0.3) is 5.91 Å². The van der Waals surface area contributed by atoms with Crippen LogP contribution in [-0.2, 0) is 11.8 Å². The number of amides is 3. The summed E-state index contributed by atoms with van der Waals surface area (Å²) in [6.45, 7) is 6.03. The fourth-order valence-electron chi connectivity index (χ4n) is 4.32. The number of carbonyl (C=O) groups excluding carboxylic acids is 2. The first-order valence-corrected chi connectivity index (χ1v) is 11.3. The van der Waals surface area contributed by atoms with E-state index in [0.29, 0.717) is 43.6 Å². The molecule has 1 aromatic carbocycles. The number of aromatic nitrogens is 5. The molecule has 0 aliphatic carbocycles. The van der Waals surface area contributed by atoms with Crippen LogP contribution >= 0.6 is 0 Å². The Morgan fingerprint density at radius 3 is 2.63 bits per heavy atom. The Kier molecular flexibility index (Phi) is 5.59. The van der Waals surface area contributed by atoms with Gasteiger partial charge in [-0.2, -0.15) is 5.10 Å². The number of nitrogens with zero attached hydrogens (tertiary/aromatic N) is 7. The fraction of sp³-hybridized carbons (Fsp3) is 0.391. The van der Waals surface area contributed by atoms with E-state index in [2.05, 4.69) is 30.9 Å². The number of anilines is 3. The van der Waals surface area contributed by atoms with Crippen LogP contribution in [0.5, 0.6) is 0 Å². The highest BCUT2D eigenvalue weighted by atomic mass is 16.5. The lowest BCUT2D eigenvalue weighted by atomic mass is 9.99. The van der Waals surface area contributed by atoms with Crippen molar-refractivity contribution in [2.24, 2.45) is 7.05 Å². The second kappa shape index (κ2) is 8.62. The molecule has 12 nitrogen and oxygen atoms in total. The zero-order valence-corrected chi connectivity index (χ0v) is 20.1. The molecule has 12 heteroatoms. The van der Waals surface area contributed by atoms with Gasteiger partial charge in [0.2, 0.25) is 0 Å². The summed E-state index contributed by atoms with van der Waals surface area (Å²) in [7, 11) is 3.34. The highest BCUT2D eigenvalue weighted by Gasteiger charge is 2.47. The number of rotatable bonds is 6. The molecule has 2 aromatic heterocycles. The van der Waals surface area contributed by atoms with E-state index in [-0.39, 0.29) is 23.2 Å². The summed E-state index contributed by atoms with van der Waals surface area (Å²) >= 11 is 0. The number of urea groups is 1. The molecule has 182 valence electrons. The van der Waals surface area contributed by atoms with Crippen LogP contribution in [-0.4, -0.2) is 80.7 Å². The van der Waals surface area contributed by atoms with E-state index in [1.54, 1.807) is 22.0 Å². The van der Waals surface area contributed by atoms with E-state index in [9.17, 15) is 9.59 Å². The number of benzene rings is 1. The van der Waals surface area contributed by atoms with Gasteiger partial charge in [-0.15, -0.1) is 10.2 Å². The molecule has 3 aromatic rings. The summed E-state index contributed by atoms with van der Waals surface area (Å²) in [5, 5.41) is 18.7. The van der Waals surface area contributed by atoms with Crippen molar-refractivity contribution in [3.63, 3.8) is 0 Å². The predicted molar refractivity (Wildman–Crippen MR) is 129 cm³/mol. The smallest absolute Gasteiger partial charge is 0.326 e. The van der Waals surface area contributed by atoms with Crippen molar-refractivity contribution in [2.75, 3.05) is 43.6 Å². The second-order valence-corrected chi connectivity index (χ2v) is 8.96. The first-order chi connectivity index (χ1) is 16.8. The van der Waals surface area contributed by atoms with Crippen LogP contribution in [0.15, 0.2) is 30.6 Å². The third-order valence-corrected chi connectivity index (χ3v) is 6.43. The topological polar surface area (TPSA) is 130 Å². The van der Waals surface area contributed by atoms with Crippen molar-refractivity contribution in [1.82, 2.24) is 35.2 Å². The standard InChI is InChI=1S/C23H27N9O3/c1-14-15(20-25-13-30(4)29-20)6-5-7-16(14)26-17-10-18(27-28-19(17)21(33)24-3)31-8-9-32(22(31)34)23(2)11-35-12-23/h5-7,10,13H,8-9,11-12H2,1-4H3,(H,24,33)(H,26,27). The lowest BCUT2D eigenvalue weighted by molar-refractivity contribution is -0.107. The first kappa shape index (κ1) is 22.7. The number of hydrogen-bond acceptors (Lipinski definition) is 8. The third-order valence-electron chi connectivity index (χ3n) is 6.43. The second-order valence-electron chi connectivity index (χ2n) is 8.96. The highest BCUT2D eigenvalue weighted by molar-refractivity contribution is 6.00. The molecule has 5 rings (SSSR count). The van der Waals surface area contributed by atoms with Crippen molar-refractivity contribution in [2.45, 2.75) is 19.4 Å². The van der Waals surface area contributed by atoms with Crippen LogP contribution in [0.2, 0.25) is 0 Å². The van der Waals surface area contributed by atoms with Crippen LogP contribution in [0.25, 0.3) is 11.4 Å². The van der Waals surface area contributed by atoms with Crippen molar-refractivity contribution >= 4 is 29.1 Å². The van der Waals surface area contributed by atoms with Crippen molar-refractivity contribution < 1.29 is 14.3 Å². The average molecular weight is 478 g/mol. The Bertz CT molecular complexity index is 1300. The van der Waals surface area contributed by atoms with E-state index in [4.69, 9.17) is 4.74 Å². The zero-order chi connectivity index (χ0) is 24.7. The van der Waals surface area contributed by atoms with Crippen LogP contribution in [0.1, 0.15) is 23.0 Å². The Hall–Kier alpha value is -4.06. The molecule has 2 N–H and O–H groups in total. The molecule has 3 amide bonds. The van der Waals surface area contributed by atoms with Crippen molar-refractivity contribution in [3.8, 4) is 11.4 Å². The number of nitrogens with one attached hydrogen (secondary N) is 2. The van der Waals surface area contributed by atoms with Gasteiger partial charge in [0.15, 0.2) is 17.3 Å². The Labute approximate surface area is 202 Å². The molecular weight excluding hydrogens is 450 g/mol. The first-order valence-electron chi connectivity index (χ1n) is 11.3. The van der Waals surface area contributed by atoms with Crippen molar-refractivity contribution in [3.05, 3.63) is 41.9 Å². The maximum Gasteiger partial charge on any atom is 0.326 e. The Morgan fingerprint density at radius 2 is 1.97 bits per heavy atom. The zero-order valence-electron chi connectivity index (χ0n) is 20.1. The molecule has 2 fully saturated rings. The molecular formula is C23H27N9O3. The Morgan fingerprint density at radius 1 is 1.17 bits per heavy atom. The minimum absolute atomic E-state index is 0.125. The van der Waals surface area contributed by atoms with E-state index >= 15 is 0 Å². The summed E-state index contributed by atoms with van der Waals surface area (Å²) < 4.78 is 6.97. The van der Waals surface area contributed by atoms with Crippen LogP contribution in [0, 0.1) is 6.92 Å². The number of aryl methyl sites for hydroxylation is 1. The third kappa shape index (κ3) is 3.95. The molecule has 4 heterocycles. The number of hydrogen-bond donors (Lipinski definition) is 2. The molecule has 0 spiro atoms. The van der Waals surface area contributed by atoms with Gasteiger partial charge in [0.1, 0.15) is 6.33 Å². The monoisotopic (exact) mass is 477 g/mol. The Balaban J connectivity index is 1.48. The van der Waals surface area contributed by atoms with E-state index in [0.717, 1.165) is 16.8 Å².